The van der Waals surface area contributed by atoms with E-state index < -0.39 is 0 Å². The van der Waals surface area contributed by atoms with Gasteiger partial charge in [0.15, 0.2) is 0 Å². The first-order valence-electron chi connectivity index (χ1n) is 5.17. The summed E-state index contributed by atoms with van der Waals surface area (Å²) < 4.78 is 2.90. The van der Waals surface area contributed by atoms with Gasteiger partial charge < -0.3 is 5.32 Å². The Bertz CT molecular complexity index is 449. The molecule has 0 spiro atoms. The summed E-state index contributed by atoms with van der Waals surface area (Å²) in [5.41, 5.74) is 1.02. The highest BCUT2D eigenvalue weighted by Crippen LogP contribution is 2.14. The smallest absolute Gasteiger partial charge is 0.146 e. The molecule has 0 saturated carbocycles. The Balaban J connectivity index is 2.26. The number of nitrogens with one attached hydrogen (secondary N) is 1. The average molecular weight is 281 g/mol. The number of nitrogens with zero attached hydrogens (tertiary/aromatic N) is 3. The largest absolute Gasteiger partial charge is 0.310 e. The monoisotopic (exact) mass is 280 g/mol. The minimum atomic E-state index is 0.729. The average Bonchev–Trinajstić information content (AvgIpc) is 2.75. The molecule has 16 heavy (non-hydrogen) atoms. The maximum Gasteiger partial charge on any atom is 0.146 e. The minimum absolute atomic E-state index is 0.729. The molecule has 1 N–H and O–H groups in total. The van der Waals surface area contributed by atoms with Crippen molar-refractivity contribution in [1.29, 1.82) is 0 Å². The molecule has 0 saturated heterocycles. The predicted octanol–water partition coefficient (Wildman–Crippen LogP) is 2.14. The summed E-state index contributed by atoms with van der Waals surface area (Å²) in [6.07, 6.45) is 1.58. The van der Waals surface area contributed by atoms with E-state index in [1.165, 1.54) is 0 Å². The predicted molar refractivity (Wildman–Crippen MR) is 66.4 cm³/mol. The fourth-order valence-electron chi connectivity index (χ4n) is 1.42. The van der Waals surface area contributed by atoms with Crippen molar-refractivity contribution < 1.29 is 0 Å². The molecule has 0 fully saturated rings. The number of halogens is 1. The van der Waals surface area contributed by atoms with E-state index in [9.17, 15) is 0 Å². The van der Waals surface area contributed by atoms with Crippen molar-refractivity contribution in [2.45, 2.75) is 13.5 Å². The third-order valence-corrected chi connectivity index (χ3v) is 2.75. The van der Waals surface area contributed by atoms with Gasteiger partial charge in [0.25, 0.3) is 0 Å². The van der Waals surface area contributed by atoms with Gasteiger partial charge in [-0.05, 0) is 30.8 Å². The Morgan fingerprint density at radius 1 is 1.31 bits per heavy atom. The molecular weight excluding hydrogens is 268 g/mol. The van der Waals surface area contributed by atoms with Crippen LogP contribution < -0.4 is 5.32 Å². The Morgan fingerprint density at radius 3 is 2.75 bits per heavy atom. The molecule has 1 aromatic heterocycles. The summed E-state index contributed by atoms with van der Waals surface area (Å²) in [5.74, 6) is 0.921. The fourth-order valence-corrected chi connectivity index (χ4v) is 1.69. The Morgan fingerprint density at radius 2 is 2.06 bits per heavy atom. The molecule has 1 aromatic carbocycles. The van der Waals surface area contributed by atoms with E-state index in [1.54, 1.807) is 6.33 Å². The standard InChI is InChI=1S/C11H13BrN4/c1-2-13-7-11-14-8-15-16(11)10-5-3-9(12)4-6-10/h3-6,8,13H,2,7H2,1H3. The van der Waals surface area contributed by atoms with Crippen LogP contribution in [0.4, 0.5) is 0 Å². The van der Waals surface area contributed by atoms with Crippen LogP contribution in [0.3, 0.4) is 0 Å². The number of hydrogen-bond donors (Lipinski definition) is 1. The fraction of sp³-hybridized carbons (Fsp3) is 0.273. The zero-order valence-corrected chi connectivity index (χ0v) is 10.6. The highest BCUT2D eigenvalue weighted by atomic mass is 79.9. The second-order valence-corrected chi connectivity index (χ2v) is 4.26. The topological polar surface area (TPSA) is 42.7 Å². The first kappa shape index (κ1) is 11.3. The molecule has 84 valence electrons. The van der Waals surface area contributed by atoms with Crippen molar-refractivity contribution in [2.24, 2.45) is 0 Å². The number of hydrogen-bond acceptors (Lipinski definition) is 3. The lowest BCUT2D eigenvalue weighted by molar-refractivity contribution is 0.664. The van der Waals surface area contributed by atoms with Crippen molar-refractivity contribution in [3.63, 3.8) is 0 Å². The maximum absolute atomic E-state index is 4.23. The molecule has 0 aliphatic carbocycles. The van der Waals surface area contributed by atoms with Gasteiger partial charge in [0.1, 0.15) is 12.2 Å². The summed E-state index contributed by atoms with van der Waals surface area (Å²) in [6, 6.07) is 8.00. The molecule has 4 nitrogen and oxygen atoms in total. The lowest BCUT2D eigenvalue weighted by atomic mass is 10.3. The molecule has 1 heterocycles. The molecule has 0 unspecified atom stereocenters. The first-order chi connectivity index (χ1) is 7.81. The van der Waals surface area contributed by atoms with Gasteiger partial charge in [0, 0.05) is 4.47 Å². The van der Waals surface area contributed by atoms with Crippen molar-refractivity contribution in [2.75, 3.05) is 6.54 Å². The van der Waals surface area contributed by atoms with E-state index in [0.29, 0.717) is 0 Å². The van der Waals surface area contributed by atoms with Gasteiger partial charge in [0.05, 0.1) is 12.2 Å². The Labute approximate surface area is 103 Å². The summed E-state index contributed by atoms with van der Waals surface area (Å²) in [4.78, 5) is 4.23. The second-order valence-electron chi connectivity index (χ2n) is 3.34. The zero-order chi connectivity index (χ0) is 11.4. The molecule has 2 rings (SSSR count). The summed E-state index contributed by atoms with van der Waals surface area (Å²) in [5, 5.41) is 7.46. The van der Waals surface area contributed by atoms with Crippen LogP contribution in [0.2, 0.25) is 0 Å². The van der Waals surface area contributed by atoms with E-state index in [0.717, 1.165) is 29.1 Å². The Kier molecular flexibility index (Phi) is 3.69. The second kappa shape index (κ2) is 5.23. The molecule has 0 aliphatic heterocycles. The lowest BCUT2D eigenvalue weighted by Crippen LogP contribution is -2.16. The SMILES string of the molecule is CCNCc1ncnn1-c1ccc(Br)cc1. The molecule has 0 aliphatic rings. The van der Waals surface area contributed by atoms with E-state index in [4.69, 9.17) is 0 Å². The highest BCUT2D eigenvalue weighted by Gasteiger charge is 2.05. The molecule has 0 atom stereocenters. The molecule has 5 heteroatoms. The van der Waals surface area contributed by atoms with Gasteiger partial charge in [-0.2, -0.15) is 5.10 Å². The quantitative estimate of drug-likeness (QED) is 0.933. The normalized spacial score (nSPS) is 10.6. The van der Waals surface area contributed by atoms with Gasteiger partial charge in [-0.1, -0.05) is 22.9 Å². The van der Waals surface area contributed by atoms with E-state index in [1.807, 2.05) is 28.9 Å². The van der Waals surface area contributed by atoms with Crippen LogP contribution in [0.5, 0.6) is 0 Å². The van der Waals surface area contributed by atoms with Gasteiger partial charge in [0.2, 0.25) is 0 Å². The van der Waals surface area contributed by atoms with Crippen LogP contribution in [-0.2, 0) is 6.54 Å². The number of aromatic nitrogens is 3. The number of rotatable bonds is 4. The van der Waals surface area contributed by atoms with E-state index in [-0.39, 0.29) is 0 Å². The van der Waals surface area contributed by atoms with Crippen LogP contribution in [0.1, 0.15) is 12.7 Å². The highest BCUT2D eigenvalue weighted by molar-refractivity contribution is 9.10. The molecule has 2 aromatic rings. The summed E-state index contributed by atoms with van der Waals surface area (Å²) in [6.45, 7) is 3.72. The van der Waals surface area contributed by atoms with Crippen molar-refractivity contribution in [3.8, 4) is 5.69 Å². The van der Waals surface area contributed by atoms with E-state index in [2.05, 4.69) is 38.3 Å². The maximum atomic E-state index is 4.23. The third-order valence-electron chi connectivity index (χ3n) is 2.22. The molecular formula is C11H13BrN4. The first-order valence-corrected chi connectivity index (χ1v) is 5.96. The molecule has 0 bridgehead atoms. The number of benzene rings is 1. The summed E-state index contributed by atoms with van der Waals surface area (Å²) >= 11 is 3.41. The van der Waals surface area contributed by atoms with Gasteiger partial charge in [-0.15, -0.1) is 0 Å². The van der Waals surface area contributed by atoms with Crippen molar-refractivity contribution >= 4 is 15.9 Å². The summed E-state index contributed by atoms with van der Waals surface area (Å²) in [7, 11) is 0. The van der Waals surface area contributed by atoms with E-state index >= 15 is 0 Å². The van der Waals surface area contributed by atoms with Crippen LogP contribution in [0, 0.1) is 0 Å². The van der Waals surface area contributed by atoms with Crippen molar-refractivity contribution in [3.05, 3.63) is 40.9 Å². The van der Waals surface area contributed by atoms with Gasteiger partial charge in [-0.25, -0.2) is 9.67 Å². The van der Waals surface area contributed by atoms with Crippen LogP contribution in [0.15, 0.2) is 35.1 Å². The van der Waals surface area contributed by atoms with Crippen LogP contribution in [-0.4, -0.2) is 21.3 Å². The third kappa shape index (κ3) is 2.48. The lowest BCUT2D eigenvalue weighted by Gasteiger charge is -2.06. The molecule has 0 radical (unpaired) electrons. The zero-order valence-electron chi connectivity index (χ0n) is 9.02. The Hall–Kier alpha value is -1.20. The van der Waals surface area contributed by atoms with Crippen molar-refractivity contribution in [1.82, 2.24) is 20.1 Å². The van der Waals surface area contributed by atoms with Gasteiger partial charge in [-0.3, -0.25) is 0 Å². The minimum Gasteiger partial charge on any atom is -0.310 e. The van der Waals surface area contributed by atoms with Crippen LogP contribution in [0.25, 0.3) is 5.69 Å². The van der Waals surface area contributed by atoms with Crippen LogP contribution >= 0.6 is 15.9 Å². The van der Waals surface area contributed by atoms with Gasteiger partial charge >= 0.3 is 0 Å². The molecule has 0 amide bonds.